The normalized spacial score (nSPS) is 16.8. The van der Waals surface area contributed by atoms with Gasteiger partial charge in [-0.15, -0.1) is 0 Å². The minimum atomic E-state index is -0.400. The molecule has 0 saturated heterocycles. The number of rotatable bonds is 3. The average Bonchev–Trinajstić information content (AvgIpc) is 2.33. The summed E-state index contributed by atoms with van der Waals surface area (Å²) in [5.41, 5.74) is 8.70. The highest BCUT2D eigenvalue weighted by atomic mass is 19.1. The van der Waals surface area contributed by atoms with Crippen molar-refractivity contribution >= 4 is 5.69 Å². The Morgan fingerprint density at radius 2 is 2.00 bits per heavy atom. The Morgan fingerprint density at radius 3 is 2.78 bits per heavy atom. The van der Waals surface area contributed by atoms with E-state index in [1.807, 2.05) is 12.1 Å². The van der Waals surface area contributed by atoms with Crippen LogP contribution in [0.25, 0.3) is 0 Å². The Bertz CT molecular complexity index is 562. The zero-order valence-electron chi connectivity index (χ0n) is 9.90. The predicted molar refractivity (Wildman–Crippen MR) is 69.2 cm³/mol. The van der Waals surface area contributed by atoms with Crippen LogP contribution in [0.3, 0.4) is 0 Å². The fourth-order valence-corrected chi connectivity index (χ4v) is 2.37. The maximum absolute atomic E-state index is 13.5. The van der Waals surface area contributed by atoms with E-state index in [0.29, 0.717) is 18.2 Å². The zero-order valence-corrected chi connectivity index (χ0v) is 9.90. The van der Waals surface area contributed by atoms with Gasteiger partial charge in [-0.2, -0.15) is 0 Å². The first-order chi connectivity index (χ1) is 8.75. The lowest BCUT2D eigenvalue weighted by Gasteiger charge is -2.30. The smallest absolute Gasteiger partial charge is 0.177 e. The van der Waals surface area contributed by atoms with Crippen LogP contribution in [0.5, 0.6) is 5.75 Å². The molecule has 0 saturated carbocycles. The molecule has 2 nitrogen and oxygen atoms in total. The second-order valence-electron chi connectivity index (χ2n) is 4.57. The molecular weight excluding hydrogens is 229 g/mol. The number of fused-ring (bicyclic) bond motifs is 1. The van der Waals surface area contributed by atoms with E-state index < -0.39 is 5.82 Å². The number of hydrogen-bond donors (Lipinski definition) is 1. The standard InChI is InChI=1S/C15H14FNO/c16-13-6-3-7-14(17)15(13)18-9-11-8-10-4-1-2-5-12(10)11/h1-7,11H,8-9,17H2. The third-order valence-corrected chi connectivity index (χ3v) is 3.39. The molecule has 1 aliphatic carbocycles. The summed E-state index contributed by atoms with van der Waals surface area (Å²) in [7, 11) is 0. The van der Waals surface area contributed by atoms with Crippen molar-refractivity contribution in [1.29, 1.82) is 0 Å². The second-order valence-corrected chi connectivity index (χ2v) is 4.57. The van der Waals surface area contributed by atoms with Crippen molar-refractivity contribution in [3.63, 3.8) is 0 Å². The Kier molecular flexibility index (Phi) is 2.67. The summed E-state index contributed by atoms with van der Waals surface area (Å²) in [6.07, 6.45) is 0.991. The molecule has 2 aromatic carbocycles. The van der Waals surface area contributed by atoms with Gasteiger partial charge in [-0.1, -0.05) is 30.3 Å². The number of benzene rings is 2. The van der Waals surface area contributed by atoms with E-state index in [1.54, 1.807) is 12.1 Å². The molecule has 2 aromatic rings. The van der Waals surface area contributed by atoms with Gasteiger partial charge in [0.15, 0.2) is 11.6 Å². The van der Waals surface area contributed by atoms with E-state index >= 15 is 0 Å². The largest absolute Gasteiger partial charge is 0.488 e. The summed E-state index contributed by atoms with van der Waals surface area (Å²) < 4.78 is 19.0. The maximum Gasteiger partial charge on any atom is 0.177 e. The zero-order chi connectivity index (χ0) is 12.5. The number of nitrogens with two attached hydrogens (primary N) is 1. The highest BCUT2D eigenvalue weighted by molar-refractivity contribution is 5.53. The van der Waals surface area contributed by atoms with Crippen molar-refractivity contribution in [2.24, 2.45) is 0 Å². The van der Waals surface area contributed by atoms with Crippen molar-refractivity contribution in [3.8, 4) is 5.75 Å². The number of anilines is 1. The molecule has 0 aromatic heterocycles. The lowest BCUT2D eigenvalue weighted by atomic mass is 9.78. The molecule has 0 aliphatic heterocycles. The molecule has 1 aliphatic rings. The molecule has 1 unspecified atom stereocenters. The monoisotopic (exact) mass is 243 g/mol. The molecular formula is C15H14FNO. The molecule has 0 spiro atoms. The van der Waals surface area contributed by atoms with Crippen molar-refractivity contribution < 1.29 is 9.13 Å². The number of nitrogen functional groups attached to an aromatic ring is 1. The third-order valence-electron chi connectivity index (χ3n) is 3.39. The molecule has 1 atom stereocenters. The van der Waals surface area contributed by atoms with Crippen LogP contribution in [0.4, 0.5) is 10.1 Å². The molecule has 3 heteroatoms. The Labute approximate surface area is 105 Å². The topological polar surface area (TPSA) is 35.2 Å². The van der Waals surface area contributed by atoms with Crippen LogP contribution in [0, 0.1) is 5.82 Å². The summed E-state index contributed by atoms with van der Waals surface area (Å²) in [6, 6.07) is 12.8. The van der Waals surface area contributed by atoms with Crippen LogP contribution in [0.15, 0.2) is 42.5 Å². The Hall–Kier alpha value is -2.03. The van der Waals surface area contributed by atoms with E-state index in [1.165, 1.54) is 17.2 Å². The van der Waals surface area contributed by atoms with E-state index in [-0.39, 0.29) is 5.75 Å². The summed E-state index contributed by atoms with van der Waals surface area (Å²) in [5, 5.41) is 0. The van der Waals surface area contributed by atoms with Crippen LogP contribution >= 0.6 is 0 Å². The Morgan fingerprint density at radius 1 is 1.17 bits per heavy atom. The van der Waals surface area contributed by atoms with Crippen LogP contribution in [-0.4, -0.2) is 6.61 Å². The van der Waals surface area contributed by atoms with Gasteiger partial charge in [-0.05, 0) is 29.7 Å². The first kappa shape index (κ1) is 11.1. The maximum atomic E-state index is 13.5. The molecule has 0 heterocycles. The van der Waals surface area contributed by atoms with E-state index in [4.69, 9.17) is 10.5 Å². The van der Waals surface area contributed by atoms with Crippen LogP contribution in [-0.2, 0) is 6.42 Å². The number of hydrogen-bond acceptors (Lipinski definition) is 2. The summed E-state index contributed by atoms with van der Waals surface area (Å²) in [6.45, 7) is 0.474. The molecule has 0 radical (unpaired) electrons. The molecule has 2 N–H and O–H groups in total. The van der Waals surface area contributed by atoms with Crippen LogP contribution in [0.1, 0.15) is 17.0 Å². The molecule has 0 fully saturated rings. The number of halogens is 1. The highest BCUT2D eigenvalue weighted by Gasteiger charge is 2.26. The lowest BCUT2D eigenvalue weighted by molar-refractivity contribution is 0.265. The molecule has 18 heavy (non-hydrogen) atoms. The summed E-state index contributed by atoms with van der Waals surface area (Å²) in [4.78, 5) is 0. The third kappa shape index (κ3) is 1.82. The number of para-hydroxylation sites is 1. The van der Waals surface area contributed by atoms with Crippen molar-refractivity contribution in [1.82, 2.24) is 0 Å². The number of ether oxygens (including phenoxy) is 1. The van der Waals surface area contributed by atoms with Gasteiger partial charge in [0, 0.05) is 5.92 Å². The van der Waals surface area contributed by atoms with Gasteiger partial charge in [-0.25, -0.2) is 4.39 Å². The minimum Gasteiger partial charge on any atom is -0.488 e. The molecule has 0 bridgehead atoms. The van der Waals surface area contributed by atoms with Crippen molar-refractivity contribution in [2.45, 2.75) is 12.3 Å². The lowest BCUT2D eigenvalue weighted by Crippen LogP contribution is -2.23. The van der Waals surface area contributed by atoms with Gasteiger partial charge in [0.2, 0.25) is 0 Å². The van der Waals surface area contributed by atoms with Gasteiger partial charge in [0.1, 0.15) is 0 Å². The summed E-state index contributed by atoms with van der Waals surface area (Å²) in [5.74, 6) is 0.115. The fraction of sp³-hybridized carbons (Fsp3) is 0.200. The van der Waals surface area contributed by atoms with E-state index in [9.17, 15) is 4.39 Å². The van der Waals surface area contributed by atoms with E-state index in [2.05, 4.69) is 12.1 Å². The first-order valence-electron chi connectivity index (χ1n) is 6.00. The van der Waals surface area contributed by atoms with Gasteiger partial charge < -0.3 is 10.5 Å². The summed E-state index contributed by atoms with van der Waals surface area (Å²) >= 11 is 0. The van der Waals surface area contributed by atoms with Gasteiger partial charge in [-0.3, -0.25) is 0 Å². The van der Waals surface area contributed by atoms with Gasteiger partial charge >= 0.3 is 0 Å². The molecule has 92 valence electrons. The van der Waals surface area contributed by atoms with E-state index in [0.717, 1.165) is 6.42 Å². The average molecular weight is 243 g/mol. The van der Waals surface area contributed by atoms with Gasteiger partial charge in [0.05, 0.1) is 12.3 Å². The van der Waals surface area contributed by atoms with Gasteiger partial charge in [0.25, 0.3) is 0 Å². The Balaban J connectivity index is 1.70. The van der Waals surface area contributed by atoms with Crippen molar-refractivity contribution in [3.05, 3.63) is 59.4 Å². The SMILES string of the molecule is Nc1cccc(F)c1OCC1Cc2ccccc21. The fourth-order valence-electron chi connectivity index (χ4n) is 2.37. The molecule has 3 rings (SSSR count). The minimum absolute atomic E-state index is 0.168. The van der Waals surface area contributed by atoms with Crippen LogP contribution < -0.4 is 10.5 Å². The van der Waals surface area contributed by atoms with Crippen LogP contribution in [0.2, 0.25) is 0 Å². The van der Waals surface area contributed by atoms with Crippen molar-refractivity contribution in [2.75, 3.05) is 12.3 Å². The first-order valence-corrected chi connectivity index (χ1v) is 6.00. The highest BCUT2D eigenvalue weighted by Crippen LogP contribution is 2.36. The molecule has 0 amide bonds. The predicted octanol–water partition coefficient (Wildman–Crippen LogP) is 3.13. The quantitative estimate of drug-likeness (QED) is 0.840. The second kappa shape index (κ2) is 4.33.